The number of nitrogens with two attached hydrogens (primary N) is 1. The van der Waals surface area contributed by atoms with Crippen molar-refractivity contribution in [1.82, 2.24) is 5.43 Å². The van der Waals surface area contributed by atoms with Gasteiger partial charge in [-0.3, -0.25) is 11.3 Å². The summed E-state index contributed by atoms with van der Waals surface area (Å²) >= 11 is 0. The first-order valence-corrected chi connectivity index (χ1v) is 7.76. The van der Waals surface area contributed by atoms with E-state index in [1.807, 2.05) is 0 Å². The number of nitrogens with one attached hydrogen (secondary N) is 1. The van der Waals surface area contributed by atoms with Crippen LogP contribution in [0.3, 0.4) is 0 Å². The van der Waals surface area contributed by atoms with Crippen LogP contribution in [0.2, 0.25) is 0 Å². The van der Waals surface area contributed by atoms with Crippen molar-refractivity contribution in [3.63, 3.8) is 0 Å². The standard InChI is InChI=1S/C17H28N2/c1-3-14-6-8-15(9-7-14)12-17(19-18)16-10-4-13(2)5-11-16/h6-9,13,16-17,19H,3-5,10-12,18H2,1-2H3. The number of benzene rings is 1. The Bertz CT molecular complexity index is 363. The second kappa shape index (κ2) is 7.06. The summed E-state index contributed by atoms with van der Waals surface area (Å²) in [6.07, 6.45) is 7.53. The van der Waals surface area contributed by atoms with E-state index in [1.165, 1.54) is 36.8 Å². The molecule has 0 amide bonds. The molecule has 1 fully saturated rings. The number of rotatable bonds is 5. The summed E-state index contributed by atoms with van der Waals surface area (Å²) in [6.45, 7) is 4.56. The minimum Gasteiger partial charge on any atom is -0.271 e. The minimum atomic E-state index is 0.431. The molecule has 0 radical (unpaired) electrons. The molecular formula is C17H28N2. The van der Waals surface area contributed by atoms with Crippen molar-refractivity contribution in [2.24, 2.45) is 17.7 Å². The van der Waals surface area contributed by atoms with Gasteiger partial charge in [0.2, 0.25) is 0 Å². The van der Waals surface area contributed by atoms with Crippen molar-refractivity contribution in [2.75, 3.05) is 0 Å². The number of hydrazine groups is 1. The van der Waals surface area contributed by atoms with Crippen LogP contribution < -0.4 is 11.3 Å². The average Bonchev–Trinajstić information content (AvgIpc) is 2.46. The largest absolute Gasteiger partial charge is 0.271 e. The summed E-state index contributed by atoms with van der Waals surface area (Å²) in [4.78, 5) is 0. The summed E-state index contributed by atoms with van der Waals surface area (Å²) < 4.78 is 0. The van der Waals surface area contributed by atoms with Crippen LogP contribution in [0.15, 0.2) is 24.3 Å². The molecule has 1 atom stereocenters. The first-order chi connectivity index (χ1) is 9.22. The minimum absolute atomic E-state index is 0.431. The van der Waals surface area contributed by atoms with Gasteiger partial charge in [-0.2, -0.15) is 0 Å². The van der Waals surface area contributed by atoms with Gasteiger partial charge in [0, 0.05) is 6.04 Å². The SMILES string of the molecule is CCc1ccc(CC(NN)C2CCC(C)CC2)cc1. The van der Waals surface area contributed by atoms with E-state index in [0.717, 1.165) is 24.7 Å². The van der Waals surface area contributed by atoms with Crippen LogP contribution >= 0.6 is 0 Å². The Morgan fingerprint density at radius 3 is 2.21 bits per heavy atom. The van der Waals surface area contributed by atoms with Crippen molar-refractivity contribution in [3.05, 3.63) is 35.4 Å². The quantitative estimate of drug-likeness (QED) is 0.628. The Morgan fingerprint density at radius 1 is 1.11 bits per heavy atom. The van der Waals surface area contributed by atoms with E-state index in [-0.39, 0.29) is 0 Å². The lowest BCUT2D eigenvalue weighted by Crippen LogP contribution is -2.43. The maximum absolute atomic E-state index is 5.79. The van der Waals surface area contributed by atoms with Crippen molar-refractivity contribution in [1.29, 1.82) is 0 Å². The van der Waals surface area contributed by atoms with Crippen LogP contribution in [0.5, 0.6) is 0 Å². The van der Waals surface area contributed by atoms with E-state index >= 15 is 0 Å². The van der Waals surface area contributed by atoms with Gasteiger partial charge in [0.05, 0.1) is 0 Å². The fourth-order valence-electron chi connectivity index (χ4n) is 3.21. The van der Waals surface area contributed by atoms with Crippen LogP contribution in [0.25, 0.3) is 0 Å². The van der Waals surface area contributed by atoms with E-state index in [1.54, 1.807) is 0 Å². The average molecular weight is 260 g/mol. The fourth-order valence-corrected chi connectivity index (χ4v) is 3.21. The fraction of sp³-hybridized carbons (Fsp3) is 0.647. The van der Waals surface area contributed by atoms with Gasteiger partial charge < -0.3 is 0 Å². The highest BCUT2D eigenvalue weighted by atomic mass is 15.2. The van der Waals surface area contributed by atoms with Gasteiger partial charge in [-0.15, -0.1) is 0 Å². The maximum atomic E-state index is 5.79. The summed E-state index contributed by atoms with van der Waals surface area (Å²) in [6, 6.07) is 9.43. The lowest BCUT2D eigenvalue weighted by Gasteiger charge is -2.32. The molecule has 106 valence electrons. The Balaban J connectivity index is 1.94. The Morgan fingerprint density at radius 2 is 1.68 bits per heavy atom. The van der Waals surface area contributed by atoms with E-state index in [0.29, 0.717) is 6.04 Å². The molecule has 1 aromatic rings. The Labute approximate surface area is 117 Å². The van der Waals surface area contributed by atoms with E-state index in [9.17, 15) is 0 Å². The zero-order chi connectivity index (χ0) is 13.7. The van der Waals surface area contributed by atoms with Crippen molar-refractivity contribution in [2.45, 2.75) is 58.4 Å². The normalized spacial score (nSPS) is 25.2. The predicted molar refractivity (Wildman–Crippen MR) is 81.8 cm³/mol. The summed E-state index contributed by atoms with van der Waals surface area (Å²) in [7, 11) is 0. The van der Waals surface area contributed by atoms with Crippen LogP contribution in [0.1, 0.15) is 50.7 Å². The van der Waals surface area contributed by atoms with Gasteiger partial charge in [-0.25, -0.2) is 0 Å². The lowest BCUT2D eigenvalue weighted by atomic mass is 9.78. The molecule has 2 nitrogen and oxygen atoms in total. The molecule has 2 heteroatoms. The monoisotopic (exact) mass is 260 g/mol. The zero-order valence-electron chi connectivity index (χ0n) is 12.4. The first-order valence-electron chi connectivity index (χ1n) is 7.76. The summed E-state index contributed by atoms with van der Waals surface area (Å²) in [5.41, 5.74) is 5.88. The molecule has 1 aliphatic rings. The molecule has 19 heavy (non-hydrogen) atoms. The van der Waals surface area contributed by atoms with Gasteiger partial charge in [0.25, 0.3) is 0 Å². The van der Waals surface area contributed by atoms with Crippen LogP contribution in [0, 0.1) is 11.8 Å². The molecule has 1 unspecified atom stereocenters. The van der Waals surface area contributed by atoms with E-state index in [4.69, 9.17) is 5.84 Å². The van der Waals surface area contributed by atoms with Crippen LogP contribution in [-0.2, 0) is 12.8 Å². The highest BCUT2D eigenvalue weighted by Gasteiger charge is 2.25. The molecule has 0 spiro atoms. The summed E-state index contributed by atoms with van der Waals surface area (Å²) in [5, 5.41) is 0. The summed E-state index contributed by atoms with van der Waals surface area (Å²) in [5.74, 6) is 7.44. The van der Waals surface area contributed by atoms with Gasteiger partial charge in [0.1, 0.15) is 0 Å². The third kappa shape index (κ3) is 4.05. The van der Waals surface area contributed by atoms with Crippen molar-refractivity contribution in [3.8, 4) is 0 Å². The molecule has 0 saturated heterocycles. The molecule has 0 aliphatic heterocycles. The topological polar surface area (TPSA) is 38.0 Å². The first kappa shape index (κ1) is 14.5. The highest BCUT2D eigenvalue weighted by Crippen LogP contribution is 2.31. The Hall–Kier alpha value is -0.860. The lowest BCUT2D eigenvalue weighted by molar-refractivity contribution is 0.229. The molecule has 1 aliphatic carbocycles. The van der Waals surface area contributed by atoms with Crippen LogP contribution in [0.4, 0.5) is 0 Å². The molecular weight excluding hydrogens is 232 g/mol. The van der Waals surface area contributed by atoms with E-state index in [2.05, 4.69) is 43.5 Å². The van der Waals surface area contributed by atoms with Gasteiger partial charge in [0.15, 0.2) is 0 Å². The third-order valence-corrected chi connectivity index (χ3v) is 4.73. The second-order valence-electron chi connectivity index (χ2n) is 6.17. The molecule has 0 aromatic heterocycles. The smallest absolute Gasteiger partial charge is 0.0279 e. The van der Waals surface area contributed by atoms with Gasteiger partial charge in [-0.1, -0.05) is 51.0 Å². The number of aryl methyl sites for hydroxylation is 1. The van der Waals surface area contributed by atoms with Gasteiger partial charge in [-0.05, 0) is 48.6 Å². The molecule has 1 aromatic carbocycles. The molecule has 0 bridgehead atoms. The number of hydrogen-bond acceptors (Lipinski definition) is 2. The molecule has 0 heterocycles. The van der Waals surface area contributed by atoms with Crippen molar-refractivity contribution < 1.29 is 0 Å². The number of hydrogen-bond donors (Lipinski definition) is 2. The predicted octanol–water partition coefficient (Wildman–Crippen LogP) is 3.45. The zero-order valence-corrected chi connectivity index (χ0v) is 12.4. The van der Waals surface area contributed by atoms with Crippen molar-refractivity contribution >= 4 is 0 Å². The van der Waals surface area contributed by atoms with Crippen LogP contribution in [-0.4, -0.2) is 6.04 Å². The third-order valence-electron chi connectivity index (χ3n) is 4.73. The maximum Gasteiger partial charge on any atom is 0.0279 e. The van der Waals surface area contributed by atoms with E-state index < -0.39 is 0 Å². The molecule has 2 rings (SSSR count). The molecule has 1 saturated carbocycles. The van der Waals surface area contributed by atoms with Gasteiger partial charge >= 0.3 is 0 Å². The second-order valence-corrected chi connectivity index (χ2v) is 6.17. The molecule has 3 N–H and O–H groups in total. The Kier molecular flexibility index (Phi) is 5.41. The highest BCUT2D eigenvalue weighted by molar-refractivity contribution is 5.23.